The van der Waals surface area contributed by atoms with Gasteiger partial charge in [0.25, 0.3) is 0 Å². The molecular weight excluding hydrogens is 287 g/mol. The molecule has 0 amide bonds. The molecule has 2 nitrogen and oxygen atoms in total. The van der Waals surface area contributed by atoms with Crippen molar-refractivity contribution < 1.29 is 18.3 Å². The Labute approximate surface area is 117 Å². The van der Waals surface area contributed by atoms with Crippen LogP contribution >= 0.6 is 11.8 Å². The van der Waals surface area contributed by atoms with Crippen LogP contribution in [0, 0.1) is 11.3 Å². The van der Waals surface area contributed by atoms with Gasteiger partial charge in [0.15, 0.2) is 0 Å². The highest BCUT2D eigenvalue weighted by Crippen LogP contribution is 2.36. The molecular formula is C14H8F3NOS. The Morgan fingerprint density at radius 2 is 1.85 bits per heavy atom. The molecule has 0 atom stereocenters. The molecule has 0 aliphatic heterocycles. The number of rotatable bonds is 2. The van der Waals surface area contributed by atoms with E-state index in [1.54, 1.807) is 18.2 Å². The summed E-state index contributed by atoms with van der Waals surface area (Å²) in [6.45, 7) is 0. The molecule has 6 heteroatoms. The molecule has 0 radical (unpaired) electrons. The number of hydrogen-bond acceptors (Lipinski definition) is 3. The SMILES string of the molecule is N#Cc1cc(C(F)(F)F)ccc1Sc1cccc(O)c1. The fourth-order valence-corrected chi connectivity index (χ4v) is 2.49. The summed E-state index contributed by atoms with van der Waals surface area (Å²) in [5, 5.41) is 18.3. The summed E-state index contributed by atoms with van der Waals surface area (Å²) < 4.78 is 37.7. The zero-order valence-electron chi connectivity index (χ0n) is 9.98. The van der Waals surface area contributed by atoms with Crippen molar-refractivity contribution in [3.05, 3.63) is 53.6 Å². The zero-order chi connectivity index (χ0) is 14.8. The molecule has 0 spiro atoms. The molecule has 0 bridgehead atoms. The minimum atomic E-state index is -4.47. The van der Waals surface area contributed by atoms with Gasteiger partial charge in [0.05, 0.1) is 11.1 Å². The Hall–Kier alpha value is -2.13. The average molecular weight is 295 g/mol. The van der Waals surface area contributed by atoms with Crippen LogP contribution in [-0.2, 0) is 6.18 Å². The second-order valence-corrected chi connectivity index (χ2v) is 5.04. The minimum absolute atomic E-state index is 0.0480. The zero-order valence-corrected chi connectivity index (χ0v) is 10.8. The van der Waals surface area contributed by atoms with E-state index < -0.39 is 11.7 Å². The highest BCUT2D eigenvalue weighted by Gasteiger charge is 2.31. The maximum absolute atomic E-state index is 12.6. The van der Waals surface area contributed by atoms with Crippen molar-refractivity contribution in [1.82, 2.24) is 0 Å². The van der Waals surface area contributed by atoms with Gasteiger partial charge in [-0.1, -0.05) is 17.8 Å². The van der Waals surface area contributed by atoms with Gasteiger partial charge in [-0.15, -0.1) is 0 Å². The smallest absolute Gasteiger partial charge is 0.416 e. The fourth-order valence-electron chi connectivity index (χ4n) is 1.56. The van der Waals surface area contributed by atoms with Gasteiger partial charge in [0, 0.05) is 9.79 Å². The summed E-state index contributed by atoms with van der Waals surface area (Å²) in [6.07, 6.45) is -4.47. The number of alkyl halides is 3. The third-order valence-corrected chi connectivity index (χ3v) is 3.54. The molecule has 0 saturated heterocycles. The van der Waals surface area contributed by atoms with Gasteiger partial charge in [0.1, 0.15) is 11.8 Å². The van der Waals surface area contributed by atoms with Gasteiger partial charge < -0.3 is 5.11 Å². The third-order valence-electron chi connectivity index (χ3n) is 2.47. The molecule has 20 heavy (non-hydrogen) atoms. The molecule has 2 rings (SSSR count). The summed E-state index contributed by atoms with van der Waals surface area (Å²) in [5.41, 5.74) is -0.900. The second-order valence-electron chi connectivity index (χ2n) is 3.92. The van der Waals surface area contributed by atoms with Crippen molar-refractivity contribution in [1.29, 1.82) is 5.26 Å². The molecule has 0 saturated carbocycles. The van der Waals surface area contributed by atoms with E-state index in [9.17, 15) is 18.3 Å². The van der Waals surface area contributed by atoms with Crippen molar-refractivity contribution in [2.45, 2.75) is 16.0 Å². The third kappa shape index (κ3) is 3.25. The monoisotopic (exact) mass is 295 g/mol. The van der Waals surface area contributed by atoms with E-state index in [4.69, 9.17) is 5.26 Å². The molecule has 0 aliphatic rings. The van der Waals surface area contributed by atoms with Crippen molar-refractivity contribution in [2.75, 3.05) is 0 Å². The van der Waals surface area contributed by atoms with E-state index in [1.807, 2.05) is 0 Å². The number of aromatic hydroxyl groups is 1. The molecule has 2 aromatic rings. The van der Waals surface area contributed by atoms with E-state index in [0.29, 0.717) is 9.79 Å². The van der Waals surface area contributed by atoms with Crippen LogP contribution in [0.4, 0.5) is 13.2 Å². The first kappa shape index (κ1) is 14.3. The standard InChI is InChI=1S/C14H8F3NOS/c15-14(16,17)10-4-5-13(9(6-10)8-18)20-12-3-1-2-11(19)7-12/h1-7,19H. The van der Waals surface area contributed by atoms with Crippen LogP contribution in [0.3, 0.4) is 0 Å². The van der Waals surface area contributed by atoms with Crippen molar-refractivity contribution >= 4 is 11.8 Å². The number of benzene rings is 2. The Balaban J connectivity index is 2.36. The minimum Gasteiger partial charge on any atom is -0.508 e. The first-order valence-corrected chi connectivity index (χ1v) is 6.30. The number of phenolic OH excluding ortho intramolecular Hbond substituents is 1. The first-order chi connectivity index (χ1) is 9.40. The Morgan fingerprint density at radius 1 is 1.10 bits per heavy atom. The van der Waals surface area contributed by atoms with E-state index in [1.165, 1.54) is 18.2 Å². The maximum atomic E-state index is 12.6. The molecule has 0 fully saturated rings. The van der Waals surface area contributed by atoms with Gasteiger partial charge in [-0.25, -0.2) is 0 Å². The average Bonchev–Trinajstić information content (AvgIpc) is 2.38. The number of halogens is 3. The molecule has 0 aromatic heterocycles. The quantitative estimate of drug-likeness (QED) is 0.891. The van der Waals surface area contributed by atoms with Crippen LogP contribution in [0.15, 0.2) is 52.3 Å². The van der Waals surface area contributed by atoms with Crippen LogP contribution in [0.1, 0.15) is 11.1 Å². The van der Waals surface area contributed by atoms with E-state index >= 15 is 0 Å². The summed E-state index contributed by atoms with van der Waals surface area (Å²) in [5.74, 6) is 0.0559. The maximum Gasteiger partial charge on any atom is 0.416 e. The van der Waals surface area contributed by atoms with Gasteiger partial charge in [-0.3, -0.25) is 0 Å². The predicted molar refractivity (Wildman–Crippen MR) is 68.4 cm³/mol. The molecule has 0 unspecified atom stereocenters. The van der Waals surface area contributed by atoms with Crippen LogP contribution < -0.4 is 0 Å². The summed E-state index contributed by atoms with van der Waals surface area (Å²) in [7, 11) is 0. The van der Waals surface area contributed by atoms with E-state index in [-0.39, 0.29) is 11.3 Å². The molecule has 0 aliphatic carbocycles. The summed E-state index contributed by atoms with van der Waals surface area (Å²) >= 11 is 1.12. The number of nitrogens with zero attached hydrogens (tertiary/aromatic N) is 1. The lowest BCUT2D eigenvalue weighted by molar-refractivity contribution is -0.137. The number of hydrogen-bond donors (Lipinski definition) is 1. The second kappa shape index (κ2) is 5.47. The molecule has 1 N–H and O–H groups in total. The van der Waals surface area contributed by atoms with Gasteiger partial charge in [0.2, 0.25) is 0 Å². The van der Waals surface area contributed by atoms with E-state index in [2.05, 4.69) is 0 Å². The topological polar surface area (TPSA) is 44.0 Å². The first-order valence-electron chi connectivity index (χ1n) is 5.48. The van der Waals surface area contributed by atoms with Gasteiger partial charge in [-0.2, -0.15) is 18.4 Å². The largest absolute Gasteiger partial charge is 0.508 e. The number of phenols is 1. The van der Waals surface area contributed by atoms with Crippen LogP contribution in [0.2, 0.25) is 0 Å². The van der Waals surface area contributed by atoms with Crippen molar-refractivity contribution in [2.24, 2.45) is 0 Å². The van der Waals surface area contributed by atoms with Gasteiger partial charge >= 0.3 is 6.18 Å². The molecule has 0 heterocycles. The van der Waals surface area contributed by atoms with E-state index in [0.717, 1.165) is 23.9 Å². The summed E-state index contributed by atoms with van der Waals surface area (Å²) in [4.78, 5) is 1.05. The van der Waals surface area contributed by atoms with Crippen LogP contribution in [0.5, 0.6) is 5.75 Å². The number of nitriles is 1. The normalized spacial score (nSPS) is 11.1. The Kier molecular flexibility index (Phi) is 3.91. The van der Waals surface area contributed by atoms with Crippen LogP contribution in [0.25, 0.3) is 0 Å². The Bertz CT molecular complexity index is 677. The molecule has 102 valence electrons. The lowest BCUT2D eigenvalue weighted by Gasteiger charge is -2.09. The van der Waals surface area contributed by atoms with Crippen LogP contribution in [-0.4, -0.2) is 5.11 Å². The highest BCUT2D eigenvalue weighted by molar-refractivity contribution is 7.99. The summed E-state index contributed by atoms with van der Waals surface area (Å²) in [6, 6.07) is 11.1. The van der Waals surface area contributed by atoms with Crippen molar-refractivity contribution in [3.63, 3.8) is 0 Å². The lowest BCUT2D eigenvalue weighted by atomic mass is 10.1. The van der Waals surface area contributed by atoms with Gasteiger partial charge in [-0.05, 0) is 36.4 Å². The Morgan fingerprint density at radius 3 is 2.45 bits per heavy atom. The lowest BCUT2D eigenvalue weighted by Crippen LogP contribution is -2.05. The highest BCUT2D eigenvalue weighted by atomic mass is 32.2. The molecule has 2 aromatic carbocycles. The predicted octanol–water partition coefficient (Wildman–Crippen LogP) is 4.43. The van der Waals surface area contributed by atoms with Crippen molar-refractivity contribution in [3.8, 4) is 11.8 Å². The fraction of sp³-hybridized carbons (Fsp3) is 0.0714.